The zero-order chi connectivity index (χ0) is 14.0. The van der Waals surface area contributed by atoms with Crippen molar-refractivity contribution in [1.29, 1.82) is 0 Å². The second kappa shape index (κ2) is 4.70. The molecule has 5 nitrogen and oxygen atoms in total. The van der Waals surface area contributed by atoms with Crippen molar-refractivity contribution in [2.75, 3.05) is 0 Å². The Hall–Kier alpha value is -2.40. The Bertz CT molecular complexity index is 578. The molecule has 2 atom stereocenters. The van der Waals surface area contributed by atoms with Gasteiger partial charge < -0.3 is 16.6 Å². The van der Waals surface area contributed by atoms with Gasteiger partial charge in [0.05, 0.1) is 5.92 Å². The van der Waals surface area contributed by atoms with Crippen LogP contribution in [0.3, 0.4) is 0 Å². The second-order valence-corrected chi connectivity index (χ2v) is 4.39. The zero-order valence-corrected chi connectivity index (χ0v) is 10.1. The van der Waals surface area contributed by atoms with Crippen molar-refractivity contribution in [1.82, 2.24) is 0 Å². The highest BCUT2D eigenvalue weighted by molar-refractivity contribution is 6.03. The summed E-state index contributed by atoms with van der Waals surface area (Å²) in [5.41, 5.74) is 10.4. The normalized spacial score (nSPS) is 25.7. The Morgan fingerprint density at radius 2 is 1.84 bits per heavy atom. The third-order valence-electron chi connectivity index (χ3n) is 3.25. The van der Waals surface area contributed by atoms with Crippen LogP contribution in [0.2, 0.25) is 0 Å². The first kappa shape index (κ1) is 13.0. The van der Waals surface area contributed by atoms with E-state index in [0.29, 0.717) is 11.1 Å². The number of benzene rings is 1. The summed E-state index contributed by atoms with van der Waals surface area (Å²) in [6, 6.07) is 8.85. The highest BCUT2D eigenvalue weighted by Crippen LogP contribution is 2.35. The lowest BCUT2D eigenvalue weighted by Gasteiger charge is -2.34. The van der Waals surface area contributed by atoms with Crippen LogP contribution < -0.4 is 11.5 Å². The molecule has 0 radical (unpaired) electrons. The highest BCUT2D eigenvalue weighted by atomic mass is 16.4. The van der Waals surface area contributed by atoms with Crippen LogP contribution in [-0.2, 0) is 9.59 Å². The van der Waals surface area contributed by atoms with Gasteiger partial charge in [-0.3, -0.25) is 4.79 Å². The van der Waals surface area contributed by atoms with Crippen LogP contribution in [0.5, 0.6) is 0 Å². The smallest absolute Gasteiger partial charge is 0.329 e. The van der Waals surface area contributed by atoms with Crippen molar-refractivity contribution in [2.45, 2.75) is 5.54 Å². The van der Waals surface area contributed by atoms with E-state index in [1.165, 1.54) is 6.08 Å². The largest absolute Gasteiger partial charge is 0.480 e. The molecule has 1 amide bonds. The zero-order valence-electron chi connectivity index (χ0n) is 10.1. The Morgan fingerprint density at radius 3 is 2.37 bits per heavy atom. The average Bonchev–Trinajstić information content (AvgIpc) is 2.39. The minimum Gasteiger partial charge on any atom is -0.480 e. The lowest BCUT2D eigenvalue weighted by molar-refractivity contribution is -0.144. The van der Waals surface area contributed by atoms with Crippen LogP contribution in [0, 0.1) is 5.92 Å². The molecule has 2 rings (SSSR count). The number of hydrogen-bond donors (Lipinski definition) is 3. The number of carbonyl (C=O) groups excluding carboxylic acids is 1. The quantitative estimate of drug-likeness (QED) is 0.734. The van der Waals surface area contributed by atoms with E-state index in [2.05, 4.69) is 0 Å². The molecule has 5 N–H and O–H groups in total. The predicted octanol–water partition coefficient (Wildman–Crippen LogP) is 0.523. The van der Waals surface area contributed by atoms with Crippen molar-refractivity contribution in [3.05, 3.63) is 54.1 Å². The van der Waals surface area contributed by atoms with E-state index < -0.39 is 23.3 Å². The van der Waals surface area contributed by atoms with Gasteiger partial charge in [0.1, 0.15) is 0 Å². The molecule has 0 spiro atoms. The fraction of sp³-hybridized carbons (Fsp3) is 0.143. The topological polar surface area (TPSA) is 106 Å². The van der Waals surface area contributed by atoms with Gasteiger partial charge in [0.25, 0.3) is 0 Å². The maximum atomic E-state index is 11.6. The molecule has 98 valence electrons. The molecule has 0 fully saturated rings. The van der Waals surface area contributed by atoms with Gasteiger partial charge >= 0.3 is 5.97 Å². The Morgan fingerprint density at radius 1 is 1.21 bits per heavy atom. The fourth-order valence-corrected chi connectivity index (χ4v) is 2.24. The molecule has 2 unspecified atom stereocenters. The molecule has 0 aliphatic heterocycles. The number of carboxylic acid groups (broad SMARTS) is 1. The van der Waals surface area contributed by atoms with E-state index in [9.17, 15) is 14.7 Å². The highest BCUT2D eigenvalue weighted by Gasteiger charge is 2.48. The van der Waals surface area contributed by atoms with Gasteiger partial charge in [-0.25, -0.2) is 4.79 Å². The summed E-state index contributed by atoms with van der Waals surface area (Å²) in [5, 5.41) is 9.44. The maximum Gasteiger partial charge on any atom is 0.329 e. The summed E-state index contributed by atoms with van der Waals surface area (Å²) >= 11 is 0. The number of aliphatic carboxylic acids is 1. The Kier molecular flexibility index (Phi) is 3.23. The van der Waals surface area contributed by atoms with Gasteiger partial charge in [-0.05, 0) is 11.1 Å². The van der Waals surface area contributed by atoms with Crippen molar-refractivity contribution in [3.8, 4) is 0 Å². The van der Waals surface area contributed by atoms with E-state index in [1.54, 1.807) is 36.4 Å². The average molecular weight is 258 g/mol. The molecule has 0 aromatic heterocycles. The van der Waals surface area contributed by atoms with Crippen LogP contribution in [-0.4, -0.2) is 22.5 Å². The summed E-state index contributed by atoms with van der Waals surface area (Å²) in [6.07, 6.45) is 4.62. The minimum absolute atomic E-state index is 0.368. The maximum absolute atomic E-state index is 11.6. The number of carboxylic acids is 1. The molecule has 1 aromatic carbocycles. The van der Waals surface area contributed by atoms with Crippen LogP contribution in [0.4, 0.5) is 0 Å². The Balaban J connectivity index is 2.59. The summed E-state index contributed by atoms with van der Waals surface area (Å²) < 4.78 is 0. The van der Waals surface area contributed by atoms with Gasteiger partial charge in [-0.1, -0.05) is 48.6 Å². The predicted molar refractivity (Wildman–Crippen MR) is 70.8 cm³/mol. The lowest BCUT2D eigenvalue weighted by atomic mass is 9.72. The summed E-state index contributed by atoms with van der Waals surface area (Å²) in [7, 11) is 0. The lowest BCUT2D eigenvalue weighted by Crippen LogP contribution is -2.58. The monoisotopic (exact) mass is 258 g/mol. The molecule has 0 heterocycles. The van der Waals surface area contributed by atoms with E-state index in [4.69, 9.17) is 11.5 Å². The Labute approximate surface area is 110 Å². The third kappa shape index (κ3) is 2.04. The molecule has 0 saturated carbocycles. The van der Waals surface area contributed by atoms with Gasteiger partial charge in [-0.15, -0.1) is 0 Å². The standard InChI is InChI=1S/C14H14N2O3/c15-12(17)11-8-4-7-10(14(11,16)13(18)19)9-5-2-1-3-6-9/h1-8,11H,16H2,(H2,15,17)(H,18,19). The van der Waals surface area contributed by atoms with Gasteiger partial charge in [-0.2, -0.15) is 0 Å². The number of primary amides is 1. The van der Waals surface area contributed by atoms with Crippen molar-refractivity contribution in [2.24, 2.45) is 17.4 Å². The summed E-state index contributed by atoms with van der Waals surface area (Å²) in [6.45, 7) is 0. The first-order chi connectivity index (χ1) is 8.98. The van der Waals surface area contributed by atoms with Crippen LogP contribution in [0.25, 0.3) is 5.57 Å². The molecular weight excluding hydrogens is 244 g/mol. The van der Waals surface area contributed by atoms with Crippen LogP contribution in [0.15, 0.2) is 48.6 Å². The number of allylic oxidation sites excluding steroid dienone is 2. The van der Waals surface area contributed by atoms with Crippen molar-refractivity contribution >= 4 is 17.4 Å². The van der Waals surface area contributed by atoms with Crippen LogP contribution >= 0.6 is 0 Å². The first-order valence-corrected chi connectivity index (χ1v) is 5.74. The molecule has 0 saturated heterocycles. The molecule has 1 aliphatic carbocycles. The number of hydrogen-bond acceptors (Lipinski definition) is 3. The first-order valence-electron chi connectivity index (χ1n) is 5.74. The van der Waals surface area contributed by atoms with Crippen LogP contribution in [0.1, 0.15) is 5.56 Å². The van der Waals surface area contributed by atoms with Crippen molar-refractivity contribution in [3.63, 3.8) is 0 Å². The molecule has 5 heteroatoms. The van der Waals surface area contributed by atoms with Crippen molar-refractivity contribution < 1.29 is 14.7 Å². The number of rotatable bonds is 3. The second-order valence-electron chi connectivity index (χ2n) is 4.39. The fourth-order valence-electron chi connectivity index (χ4n) is 2.24. The summed E-state index contributed by atoms with van der Waals surface area (Å²) in [5.74, 6) is -3.12. The minimum atomic E-state index is -1.85. The van der Waals surface area contributed by atoms with Gasteiger partial charge in [0, 0.05) is 0 Å². The number of carbonyl (C=O) groups is 2. The van der Waals surface area contributed by atoms with E-state index in [1.807, 2.05) is 6.07 Å². The third-order valence-corrected chi connectivity index (χ3v) is 3.25. The van der Waals surface area contributed by atoms with Gasteiger partial charge in [0.15, 0.2) is 5.54 Å². The van der Waals surface area contributed by atoms with E-state index in [0.717, 1.165) is 0 Å². The molecule has 1 aromatic rings. The van der Waals surface area contributed by atoms with Gasteiger partial charge in [0.2, 0.25) is 5.91 Å². The molecular formula is C14H14N2O3. The van der Waals surface area contributed by atoms with E-state index >= 15 is 0 Å². The summed E-state index contributed by atoms with van der Waals surface area (Å²) in [4.78, 5) is 23.0. The molecule has 19 heavy (non-hydrogen) atoms. The molecule has 0 bridgehead atoms. The number of nitrogens with two attached hydrogens (primary N) is 2. The number of amides is 1. The molecule has 1 aliphatic rings. The SMILES string of the molecule is NC(=O)C1C=CC=C(c2ccccc2)C1(N)C(=O)O. The van der Waals surface area contributed by atoms with E-state index in [-0.39, 0.29) is 0 Å².